The molecule has 8 heteroatoms. The van der Waals surface area contributed by atoms with E-state index in [4.69, 9.17) is 0 Å². The zero-order valence-electron chi connectivity index (χ0n) is 16.5. The number of fused-ring (bicyclic) bond motifs is 1. The van der Waals surface area contributed by atoms with Crippen molar-refractivity contribution in [1.82, 2.24) is 4.98 Å². The van der Waals surface area contributed by atoms with Gasteiger partial charge in [-0.3, -0.25) is 9.59 Å². The van der Waals surface area contributed by atoms with E-state index in [9.17, 15) is 9.59 Å². The van der Waals surface area contributed by atoms with Crippen molar-refractivity contribution >= 4 is 72.4 Å². The Balaban J connectivity index is 1.39. The molecule has 0 aliphatic heterocycles. The number of nitrogens with zero attached hydrogens (tertiary/aromatic N) is 1. The molecular weight excluding hydrogens is 494 g/mol. The summed E-state index contributed by atoms with van der Waals surface area (Å²) in [5.41, 5.74) is 4.04. The van der Waals surface area contributed by atoms with Gasteiger partial charge >= 0.3 is 0 Å². The molecule has 0 spiro atoms. The van der Waals surface area contributed by atoms with Gasteiger partial charge in [-0.2, -0.15) is 0 Å². The van der Waals surface area contributed by atoms with Crippen molar-refractivity contribution in [2.45, 2.75) is 11.3 Å². The van der Waals surface area contributed by atoms with Crippen LogP contribution in [0.4, 0.5) is 11.4 Å². The summed E-state index contributed by atoms with van der Waals surface area (Å²) in [6, 6.07) is 20.6. The number of carbonyl (C=O) groups excluding carboxylic acids is 2. The second-order valence-electron chi connectivity index (χ2n) is 6.80. The number of benzene rings is 3. The van der Waals surface area contributed by atoms with Crippen LogP contribution in [0.3, 0.4) is 0 Å². The van der Waals surface area contributed by atoms with Crippen LogP contribution in [0.1, 0.15) is 15.9 Å². The van der Waals surface area contributed by atoms with Gasteiger partial charge in [0, 0.05) is 15.8 Å². The third-order valence-electron chi connectivity index (χ3n) is 4.41. The Labute approximate surface area is 196 Å². The lowest BCUT2D eigenvalue weighted by molar-refractivity contribution is -0.113. The highest BCUT2D eigenvalue weighted by Gasteiger charge is 2.12. The van der Waals surface area contributed by atoms with Gasteiger partial charge < -0.3 is 10.6 Å². The third kappa shape index (κ3) is 5.52. The fourth-order valence-corrected chi connectivity index (χ4v) is 5.22. The molecule has 0 saturated heterocycles. The van der Waals surface area contributed by atoms with E-state index in [1.807, 2.05) is 67.6 Å². The van der Waals surface area contributed by atoms with Crippen molar-refractivity contribution in [1.29, 1.82) is 0 Å². The SMILES string of the molecule is Cc1ccc(NC(=O)CSc2nc3ccc(NC(=O)c4ccccc4Br)cc3s2)cc1. The van der Waals surface area contributed by atoms with Crippen LogP contribution in [0, 0.1) is 6.92 Å². The fourth-order valence-electron chi connectivity index (χ4n) is 2.85. The van der Waals surface area contributed by atoms with E-state index in [0.717, 1.165) is 30.3 Å². The molecule has 0 fully saturated rings. The maximum atomic E-state index is 12.5. The van der Waals surface area contributed by atoms with Gasteiger partial charge in [-0.1, -0.05) is 41.6 Å². The zero-order valence-corrected chi connectivity index (χ0v) is 19.7. The highest BCUT2D eigenvalue weighted by Crippen LogP contribution is 2.31. The van der Waals surface area contributed by atoms with E-state index in [1.54, 1.807) is 6.07 Å². The Morgan fingerprint density at radius 1 is 1.00 bits per heavy atom. The van der Waals surface area contributed by atoms with E-state index < -0.39 is 0 Å². The minimum atomic E-state index is -0.182. The Hall–Kier alpha value is -2.68. The lowest BCUT2D eigenvalue weighted by Gasteiger charge is -2.06. The van der Waals surface area contributed by atoms with Gasteiger partial charge in [0.15, 0.2) is 4.34 Å². The topological polar surface area (TPSA) is 71.1 Å². The van der Waals surface area contributed by atoms with Crippen LogP contribution in [0.2, 0.25) is 0 Å². The molecule has 0 radical (unpaired) electrons. The molecule has 2 N–H and O–H groups in total. The predicted molar refractivity (Wildman–Crippen MR) is 132 cm³/mol. The van der Waals surface area contributed by atoms with Crippen molar-refractivity contribution in [3.05, 3.63) is 82.3 Å². The van der Waals surface area contributed by atoms with Crippen LogP contribution in [0.5, 0.6) is 0 Å². The standard InChI is InChI=1S/C23H18BrN3O2S2/c1-14-6-8-15(9-7-14)25-21(28)13-30-23-27-19-11-10-16(12-20(19)31-23)26-22(29)17-4-2-3-5-18(17)24/h2-12H,13H2,1H3,(H,25,28)(H,26,29). The Morgan fingerprint density at radius 3 is 2.52 bits per heavy atom. The van der Waals surface area contributed by atoms with Gasteiger partial charge in [-0.25, -0.2) is 4.98 Å². The first-order valence-electron chi connectivity index (χ1n) is 9.44. The van der Waals surface area contributed by atoms with Crippen LogP contribution < -0.4 is 10.6 Å². The normalized spacial score (nSPS) is 10.8. The molecule has 3 aromatic carbocycles. The van der Waals surface area contributed by atoms with Crippen LogP contribution in [0.25, 0.3) is 10.2 Å². The Kier molecular flexibility index (Phi) is 6.70. The highest BCUT2D eigenvalue weighted by molar-refractivity contribution is 9.10. The monoisotopic (exact) mass is 511 g/mol. The molecular formula is C23H18BrN3O2S2. The summed E-state index contributed by atoms with van der Waals surface area (Å²) in [6.07, 6.45) is 0. The van der Waals surface area contributed by atoms with Crippen molar-refractivity contribution in [3.8, 4) is 0 Å². The second kappa shape index (κ2) is 9.64. The van der Waals surface area contributed by atoms with Gasteiger partial charge in [-0.15, -0.1) is 11.3 Å². The van der Waals surface area contributed by atoms with Crippen molar-refractivity contribution in [2.24, 2.45) is 0 Å². The Morgan fingerprint density at radius 2 is 1.74 bits per heavy atom. The van der Waals surface area contributed by atoms with E-state index in [-0.39, 0.29) is 17.6 Å². The summed E-state index contributed by atoms with van der Waals surface area (Å²) in [5, 5.41) is 5.81. The maximum absolute atomic E-state index is 12.5. The third-order valence-corrected chi connectivity index (χ3v) is 7.26. The number of hydrogen-bond acceptors (Lipinski definition) is 5. The predicted octanol–water partition coefficient (Wildman–Crippen LogP) is 6.35. The number of anilines is 2. The molecule has 0 saturated carbocycles. The highest BCUT2D eigenvalue weighted by atomic mass is 79.9. The molecule has 0 bridgehead atoms. The van der Waals surface area contributed by atoms with E-state index in [2.05, 4.69) is 31.5 Å². The number of aryl methyl sites for hydroxylation is 1. The molecule has 0 aliphatic carbocycles. The van der Waals surface area contributed by atoms with Crippen LogP contribution in [-0.2, 0) is 4.79 Å². The average molecular weight is 512 g/mol. The lowest BCUT2D eigenvalue weighted by atomic mass is 10.2. The molecule has 0 aliphatic rings. The van der Waals surface area contributed by atoms with Crippen molar-refractivity contribution < 1.29 is 9.59 Å². The smallest absolute Gasteiger partial charge is 0.256 e. The second-order valence-corrected chi connectivity index (χ2v) is 9.91. The Bertz CT molecular complexity index is 1260. The number of rotatable bonds is 6. The number of nitrogens with one attached hydrogen (secondary N) is 2. The van der Waals surface area contributed by atoms with Crippen LogP contribution >= 0.6 is 39.0 Å². The van der Waals surface area contributed by atoms with Gasteiger partial charge in [0.2, 0.25) is 5.91 Å². The van der Waals surface area contributed by atoms with Crippen LogP contribution in [-0.4, -0.2) is 22.6 Å². The van der Waals surface area contributed by atoms with Crippen LogP contribution in [0.15, 0.2) is 75.5 Å². The number of amides is 2. The number of thioether (sulfide) groups is 1. The number of halogens is 1. The summed E-state index contributed by atoms with van der Waals surface area (Å²) < 4.78 is 2.50. The van der Waals surface area contributed by atoms with E-state index >= 15 is 0 Å². The molecule has 1 heterocycles. The van der Waals surface area contributed by atoms with E-state index in [0.29, 0.717) is 11.3 Å². The average Bonchev–Trinajstić information content (AvgIpc) is 3.16. The zero-order chi connectivity index (χ0) is 21.8. The quantitative estimate of drug-likeness (QED) is 0.296. The minimum absolute atomic E-state index is 0.0745. The van der Waals surface area contributed by atoms with Gasteiger partial charge in [0.1, 0.15) is 0 Å². The first kappa shape index (κ1) is 21.5. The molecule has 4 rings (SSSR count). The first-order chi connectivity index (χ1) is 15.0. The summed E-state index contributed by atoms with van der Waals surface area (Å²) in [4.78, 5) is 29.3. The molecule has 156 valence electrons. The molecule has 4 aromatic rings. The lowest BCUT2D eigenvalue weighted by Crippen LogP contribution is -2.13. The molecule has 31 heavy (non-hydrogen) atoms. The van der Waals surface area contributed by atoms with Crippen molar-refractivity contribution in [2.75, 3.05) is 16.4 Å². The molecule has 2 amide bonds. The number of aromatic nitrogens is 1. The van der Waals surface area contributed by atoms with E-state index in [1.165, 1.54) is 23.1 Å². The minimum Gasteiger partial charge on any atom is -0.325 e. The molecule has 0 atom stereocenters. The fraction of sp³-hybridized carbons (Fsp3) is 0.0870. The first-order valence-corrected chi connectivity index (χ1v) is 12.0. The summed E-state index contributed by atoms with van der Waals surface area (Å²) >= 11 is 6.30. The number of carbonyl (C=O) groups is 2. The van der Waals surface area contributed by atoms with Gasteiger partial charge in [0.25, 0.3) is 5.91 Å². The molecule has 5 nitrogen and oxygen atoms in total. The number of thiazole rings is 1. The number of hydrogen-bond donors (Lipinski definition) is 2. The molecule has 1 aromatic heterocycles. The van der Waals surface area contributed by atoms with Gasteiger partial charge in [-0.05, 0) is 65.3 Å². The maximum Gasteiger partial charge on any atom is 0.256 e. The summed E-state index contributed by atoms with van der Waals surface area (Å²) in [6.45, 7) is 2.01. The summed E-state index contributed by atoms with van der Waals surface area (Å²) in [5.74, 6) is 0.0208. The summed E-state index contributed by atoms with van der Waals surface area (Å²) in [7, 11) is 0. The molecule has 0 unspecified atom stereocenters. The van der Waals surface area contributed by atoms with Crippen molar-refractivity contribution in [3.63, 3.8) is 0 Å². The largest absolute Gasteiger partial charge is 0.325 e. The van der Waals surface area contributed by atoms with Gasteiger partial charge in [0.05, 0.1) is 21.5 Å².